The summed E-state index contributed by atoms with van der Waals surface area (Å²) < 4.78 is 4.62. The van der Waals surface area contributed by atoms with Crippen molar-refractivity contribution in [3.8, 4) is 0 Å². The molecule has 2 N–H and O–H groups in total. The Labute approximate surface area is 70.2 Å². The van der Waals surface area contributed by atoms with E-state index >= 15 is 0 Å². The zero-order chi connectivity index (χ0) is 9.40. The summed E-state index contributed by atoms with van der Waals surface area (Å²) in [6.45, 7) is 1.84. The number of unbranched alkanes of at least 4 members (excludes halogenated alkanes) is 1. The van der Waals surface area contributed by atoms with Crippen LogP contribution < -0.4 is 0 Å². The first-order valence-electron chi connectivity index (χ1n) is 3.57. The largest absolute Gasteiger partial charge is 0.466 e. The molecule has 0 unspecified atom stereocenters. The van der Waals surface area contributed by atoms with Gasteiger partial charge in [-0.1, -0.05) is 0 Å². The van der Waals surface area contributed by atoms with Gasteiger partial charge in [-0.3, -0.25) is 20.0 Å². The summed E-state index contributed by atoms with van der Waals surface area (Å²) in [5, 5.41) is 15.8. The molecule has 0 aliphatic carbocycles. The summed E-state index contributed by atoms with van der Waals surface area (Å²) in [7, 11) is 0. The summed E-state index contributed by atoms with van der Waals surface area (Å²) in [6, 6.07) is 0. The SMILES string of the molecule is CC(=O)OCCCCON(O)O. The lowest BCUT2D eigenvalue weighted by Crippen LogP contribution is -2.15. The van der Waals surface area contributed by atoms with Gasteiger partial charge in [0.05, 0.1) is 18.6 Å². The number of rotatable bonds is 6. The predicted octanol–water partition coefficient (Wildman–Crippen LogP) is 0.342. The van der Waals surface area contributed by atoms with Gasteiger partial charge in [0.2, 0.25) is 0 Å². The fraction of sp³-hybridized carbons (Fsp3) is 0.833. The lowest BCUT2D eigenvalue weighted by atomic mass is 10.3. The summed E-state index contributed by atoms with van der Waals surface area (Å²) in [5.74, 6) is -0.318. The van der Waals surface area contributed by atoms with Crippen LogP contribution in [-0.4, -0.2) is 35.0 Å². The van der Waals surface area contributed by atoms with Crippen molar-refractivity contribution in [3.05, 3.63) is 0 Å². The number of hydrogen-bond acceptors (Lipinski definition) is 6. The van der Waals surface area contributed by atoms with E-state index in [-0.39, 0.29) is 18.0 Å². The van der Waals surface area contributed by atoms with Crippen LogP contribution in [-0.2, 0) is 14.4 Å². The maximum atomic E-state index is 10.2. The van der Waals surface area contributed by atoms with E-state index in [1.165, 1.54) is 6.92 Å². The first-order valence-corrected chi connectivity index (χ1v) is 3.57. The Morgan fingerprint density at radius 3 is 2.42 bits per heavy atom. The Balaban J connectivity index is 2.96. The molecule has 0 saturated heterocycles. The second-order valence-corrected chi connectivity index (χ2v) is 2.13. The molecular formula is C6H13NO5. The Kier molecular flexibility index (Phi) is 6.58. The molecule has 72 valence electrons. The molecule has 0 aromatic carbocycles. The van der Waals surface area contributed by atoms with E-state index < -0.39 is 0 Å². The summed E-state index contributed by atoms with van der Waals surface area (Å²) in [6.07, 6.45) is 1.22. The van der Waals surface area contributed by atoms with Crippen LogP contribution >= 0.6 is 0 Å². The van der Waals surface area contributed by atoms with E-state index in [4.69, 9.17) is 10.4 Å². The molecule has 0 spiro atoms. The number of nitrogens with zero attached hydrogens (tertiary/aromatic N) is 1. The van der Waals surface area contributed by atoms with Crippen molar-refractivity contribution < 1.29 is 24.8 Å². The standard InChI is InChI=1S/C6H13NO5/c1-6(8)11-4-2-3-5-12-7(9)10/h9-10H,2-5H2,1H3. The van der Waals surface area contributed by atoms with Crippen LogP contribution in [0.4, 0.5) is 0 Å². The molecule has 0 saturated carbocycles. The van der Waals surface area contributed by atoms with Crippen LogP contribution in [0.2, 0.25) is 0 Å². The molecule has 12 heavy (non-hydrogen) atoms. The van der Waals surface area contributed by atoms with Gasteiger partial charge >= 0.3 is 5.97 Å². The van der Waals surface area contributed by atoms with E-state index in [1.807, 2.05) is 0 Å². The summed E-state index contributed by atoms with van der Waals surface area (Å²) in [5.41, 5.74) is 0. The van der Waals surface area contributed by atoms with Crippen LogP contribution in [0.1, 0.15) is 19.8 Å². The van der Waals surface area contributed by atoms with Crippen molar-refractivity contribution in [3.63, 3.8) is 0 Å². The zero-order valence-electron chi connectivity index (χ0n) is 6.89. The van der Waals surface area contributed by atoms with Gasteiger partial charge in [0.25, 0.3) is 0 Å². The molecule has 0 radical (unpaired) electrons. The van der Waals surface area contributed by atoms with E-state index in [2.05, 4.69) is 9.57 Å². The quantitative estimate of drug-likeness (QED) is 0.348. The molecule has 0 amide bonds. The van der Waals surface area contributed by atoms with Crippen molar-refractivity contribution in [1.82, 2.24) is 5.39 Å². The average molecular weight is 179 g/mol. The van der Waals surface area contributed by atoms with Crippen LogP contribution in [0.5, 0.6) is 0 Å². The van der Waals surface area contributed by atoms with Gasteiger partial charge < -0.3 is 4.74 Å². The first-order chi connectivity index (χ1) is 5.63. The molecular weight excluding hydrogens is 166 g/mol. The highest BCUT2D eigenvalue weighted by atomic mass is 17.1. The Morgan fingerprint density at radius 1 is 1.33 bits per heavy atom. The smallest absolute Gasteiger partial charge is 0.302 e. The van der Waals surface area contributed by atoms with Gasteiger partial charge in [0.1, 0.15) is 0 Å². The minimum atomic E-state index is -0.341. The minimum Gasteiger partial charge on any atom is -0.466 e. The number of carbonyl (C=O) groups is 1. The molecule has 6 heteroatoms. The van der Waals surface area contributed by atoms with Crippen LogP contribution in [0.15, 0.2) is 0 Å². The van der Waals surface area contributed by atoms with E-state index in [0.717, 1.165) is 0 Å². The number of esters is 1. The number of carbonyl (C=O) groups excluding carboxylic acids is 1. The highest BCUT2D eigenvalue weighted by Gasteiger charge is 1.95. The molecule has 0 rings (SSSR count). The predicted molar refractivity (Wildman–Crippen MR) is 37.2 cm³/mol. The van der Waals surface area contributed by atoms with Gasteiger partial charge in [-0.25, -0.2) is 0 Å². The van der Waals surface area contributed by atoms with Crippen LogP contribution in [0.3, 0.4) is 0 Å². The fourth-order valence-electron chi connectivity index (χ4n) is 0.566. The number of hydrogen-bond donors (Lipinski definition) is 2. The van der Waals surface area contributed by atoms with Gasteiger partial charge in [0.15, 0.2) is 0 Å². The van der Waals surface area contributed by atoms with Gasteiger partial charge in [0, 0.05) is 6.92 Å². The van der Waals surface area contributed by atoms with Crippen molar-refractivity contribution in [2.45, 2.75) is 19.8 Å². The van der Waals surface area contributed by atoms with E-state index in [1.54, 1.807) is 0 Å². The lowest BCUT2D eigenvalue weighted by Gasteiger charge is -2.05. The minimum absolute atomic E-state index is 0.175. The zero-order valence-corrected chi connectivity index (χ0v) is 6.89. The van der Waals surface area contributed by atoms with Crippen molar-refractivity contribution in [2.24, 2.45) is 0 Å². The third kappa shape index (κ3) is 9.31. The van der Waals surface area contributed by atoms with Gasteiger partial charge in [-0.15, -0.1) is 0 Å². The van der Waals surface area contributed by atoms with E-state index in [9.17, 15) is 4.79 Å². The van der Waals surface area contributed by atoms with Crippen molar-refractivity contribution in [2.75, 3.05) is 13.2 Å². The van der Waals surface area contributed by atoms with Crippen LogP contribution in [0.25, 0.3) is 0 Å². The second kappa shape index (κ2) is 6.99. The first kappa shape index (κ1) is 11.3. The van der Waals surface area contributed by atoms with Crippen molar-refractivity contribution >= 4 is 5.97 Å². The summed E-state index contributed by atoms with van der Waals surface area (Å²) in [4.78, 5) is 14.5. The molecule has 0 heterocycles. The van der Waals surface area contributed by atoms with Crippen LogP contribution in [0, 0.1) is 0 Å². The molecule has 0 atom stereocenters. The highest BCUT2D eigenvalue weighted by Crippen LogP contribution is 1.92. The molecule has 0 fully saturated rings. The van der Waals surface area contributed by atoms with E-state index in [0.29, 0.717) is 19.4 Å². The monoisotopic (exact) mass is 179 g/mol. The molecule has 6 nitrogen and oxygen atoms in total. The molecule has 0 aliphatic heterocycles. The Morgan fingerprint density at radius 2 is 1.92 bits per heavy atom. The maximum Gasteiger partial charge on any atom is 0.302 e. The Bertz CT molecular complexity index is 127. The Hall–Kier alpha value is -0.690. The normalized spacial score (nSPS) is 10.3. The lowest BCUT2D eigenvalue weighted by molar-refractivity contribution is -0.492. The van der Waals surface area contributed by atoms with Crippen molar-refractivity contribution in [1.29, 1.82) is 0 Å². The highest BCUT2D eigenvalue weighted by molar-refractivity contribution is 5.65. The average Bonchev–Trinajstić information content (AvgIpc) is 1.95. The molecule has 0 aromatic heterocycles. The molecule has 0 aliphatic rings. The maximum absolute atomic E-state index is 10.2. The molecule has 0 aromatic rings. The topological polar surface area (TPSA) is 79.2 Å². The molecule has 0 bridgehead atoms. The number of ether oxygens (including phenoxy) is 1. The van der Waals surface area contributed by atoms with Gasteiger partial charge in [-0.05, 0) is 12.8 Å². The van der Waals surface area contributed by atoms with Gasteiger partial charge in [-0.2, -0.15) is 0 Å². The fourth-order valence-corrected chi connectivity index (χ4v) is 0.566. The third-order valence-electron chi connectivity index (χ3n) is 1.05. The summed E-state index contributed by atoms with van der Waals surface area (Å²) >= 11 is 0. The third-order valence-corrected chi connectivity index (χ3v) is 1.05. The second-order valence-electron chi connectivity index (χ2n) is 2.13.